The minimum absolute atomic E-state index is 0.887. The van der Waals surface area contributed by atoms with E-state index in [1.165, 1.54) is 11.7 Å². The standard InChI is InChI=1S/C10H8N4S/c1-5-6(2)12-8-4-10-9(13-15-14-10)3-7(8)11-5/h3-4H,1-2H3. The van der Waals surface area contributed by atoms with E-state index in [0.717, 1.165) is 33.5 Å². The third-order valence-corrected chi connectivity index (χ3v) is 3.01. The first-order valence-corrected chi connectivity index (χ1v) is 5.34. The van der Waals surface area contributed by atoms with Crippen LogP contribution < -0.4 is 0 Å². The zero-order chi connectivity index (χ0) is 10.4. The van der Waals surface area contributed by atoms with E-state index in [-0.39, 0.29) is 0 Å². The molecule has 0 aliphatic heterocycles. The third-order valence-electron chi connectivity index (χ3n) is 2.45. The van der Waals surface area contributed by atoms with Gasteiger partial charge in [-0.2, -0.15) is 8.75 Å². The molecule has 0 saturated heterocycles. The molecule has 3 rings (SSSR count). The summed E-state index contributed by atoms with van der Waals surface area (Å²) in [4.78, 5) is 8.96. The number of hydrogen-bond donors (Lipinski definition) is 0. The van der Waals surface area contributed by atoms with Gasteiger partial charge in [-0.25, -0.2) is 9.97 Å². The molecule has 15 heavy (non-hydrogen) atoms. The number of aryl methyl sites for hydroxylation is 2. The average Bonchev–Trinajstić information content (AvgIpc) is 2.63. The summed E-state index contributed by atoms with van der Waals surface area (Å²) >= 11 is 1.22. The van der Waals surface area contributed by atoms with Crippen molar-refractivity contribution in [3.05, 3.63) is 23.5 Å². The van der Waals surface area contributed by atoms with E-state index in [2.05, 4.69) is 18.7 Å². The van der Waals surface area contributed by atoms with E-state index in [1.807, 2.05) is 26.0 Å². The maximum atomic E-state index is 4.48. The van der Waals surface area contributed by atoms with Crippen molar-refractivity contribution >= 4 is 33.8 Å². The fourth-order valence-electron chi connectivity index (χ4n) is 1.51. The summed E-state index contributed by atoms with van der Waals surface area (Å²) in [6.45, 7) is 3.93. The summed E-state index contributed by atoms with van der Waals surface area (Å²) in [6.07, 6.45) is 0. The van der Waals surface area contributed by atoms with Gasteiger partial charge in [0.25, 0.3) is 0 Å². The van der Waals surface area contributed by atoms with Gasteiger partial charge in [0.05, 0.1) is 34.1 Å². The van der Waals surface area contributed by atoms with Crippen molar-refractivity contribution < 1.29 is 0 Å². The zero-order valence-electron chi connectivity index (χ0n) is 8.35. The van der Waals surface area contributed by atoms with Crippen molar-refractivity contribution in [2.75, 3.05) is 0 Å². The molecule has 0 radical (unpaired) electrons. The second-order valence-corrected chi connectivity index (χ2v) is 4.02. The minimum Gasteiger partial charge on any atom is -0.250 e. The van der Waals surface area contributed by atoms with Crippen LogP contribution in [0.1, 0.15) is 11.4 Å². The van der Waals surface area contributed by atoms with Crippen LogP contribution in [0.25, 0.3) is 22.1 Å². The van der Waals surface area contributed by atoms with Crippen LogP contribution in [-0.4, -0.2) is 18.7 Å². The molecule has 0 atom stereocenters. The molecule has 0 spiro atoms. The van der Waals surface area contributed by atoms with Gasteiger partial charge in [0, 0.05) is 0 Å². The largest absolute Gasteiger partial charge is 0.250 e. The second kappa shape index (κ2) is 2.93. The highest BCUT2D eigenvalue weighted by Gasteiger charge is 2.05. The van der Waals surface area contributed by atoms with Gasteiger partial charge in [0.15, 0.2) is 0 Å². The molecule has 5 heteroatoms. The van der Waals surface area contributed by atoms with Gasteiger partial charge in [-0.15, -0.1) is 0 Å². The summed E-state index contributed by atoms with van der Waals surface area (Å²) in [7, 11) is 0. The first-order chi connectivity index (χ1) is 7.24. The summed E-state index contributed by atoms with van der Waals surface area (Å²) < 4.78 is 8.37. The van der Waals surface area contributed by atoms with Gasteiger partial charge in [0.2, 0.25) is 0 Å². The molecule has 2 aromatic heterocycles. The zero-order valence-corrected chi connectivity index (χ0v) is 9.17. The molecule has 2 heterocycles. The Morgan fingerprint density at radius 1 is 0.800 bits per heavy atom. The van der Waals surface area contributed by atoms with Crippen LogP contribution in [0, 0.1) is 13.8 Å². The topological polar surface area (TPSA) is 51.6 Å². The number of rotatable bonds is 0. The lowest BCUT2D eigenvalue weighted by molar-refractivity contribution is 1.10. The van der Waals surface area contributed by atoms with Crippen LogP contribution in [0.5, 0.6) is 0 Å². The van der Waals surface area contributed by atoms with E-state index >= 15 is 0 Å². The van der Waals surface area contributed by atoms with Crippen molar-refractivity contribution in [2.45, 2.75) is 13.8 Å². The lowest BCUT2D eigenvalue weighted by Crippen LogP contribution is -1.93. The molecular formula is C10H8N4S. The summed E-state index contributed by atoms with van der Waals surface area (Å²) in [5.74, 6) is 0. The third kappa shape index (κ3) is 1.27. The fourth-order valence-corrected chi connectivity index (χ4v) is 2.02. The molecule has 74 valence electrons. The number of benzene rings is 1. The molecule has 4 nitrogen and oxygen atoms in total. The lowest BCUT2D eigenvalue weighted by Gasteiger charge is -2.01. The SMILES string of the molecule is Cc1nc2cc3nsnc3cc2nc1C. The second-order valence-electron chi connectivity index (χ2n) is 3.49. The van der Waals surface area contributed by atoms with Crippen LogP contribution in [0.15, 0.2) is 12.1 Å². The van der Waals surface area contributed by atoms with E-state index < -0.39 is 0 Å². The predicted octanol–water partition coefficient (Wildman–Crippen LogP) is 2.25. The lowest BCUT2D eigenvalue weighted by atomic mass is 10.2. The van der Waals surface area contributed by atoms with Crippen LogP contribution in [0.4, 0.5) is 0 Å². The van der Waals surface area contributed by atoms with E-state index in [9.17, 15) is 0 Å². The number of aromatic nitrogens is 4. The van der Waals surface area contributed by atoms with Gasteiger partial charge < -0.3 is 0 Å². The van der Waals surface area contributed by atoms with Crippen LogP contribution >= 0.6 is 11.7 Å². The Morgan fingerprint density at radius 2 is 1.27 bits per heavy atom. The van der Waals surface area contributed by atoms with Crippen molar-refractivity contribution in [1.82, 2.24) is 18.7 Å². The van der Waals surface area contributed by atoms with Crippen molar-refractivity contribution in [3.8, 4) is 0 Å². The molecule has 1 aromatic carbocycles. The highest BCUT2D eigenvalue weighted by atomic mass is 32.1. The highest BCUT2D eigenvalue weighted by Crippen LogP contribution is 2.19. The van der Waals surface area contributed by atoms with E-state index in [1.54, 1.807) is 0 Å². The maximum absolute atomic E-state index is 4.48. The summed E-state index contributed by atoms with van der Waals surface area (Å²) in [5.41, 5.74) is 5.49. The quantitative estimate of drug-likeness (QED) is 0.578. The Bertz CT molecular complexity index is 603. The molecule has 0 unspecified atom stereocenters. The number of nitrogens with zero attached hydrogens (tertiary/aromatic N) is 4. The number of hydrogen-bond acceptors (Lipinski definition) is 5. The van der Waals surface area contributed by atoms with Crippen molar-refractivity contribution in [2.24, 2.45) is 0 Å². The maximum Gasteiger partial charge on any atom is 0.107 e. The smallest absolute Gasteiger partial charge is 0.107 e. The Labute approximate surface area is 90.3 Å². The first-order valence-electron chi connectivity index (χ1n) is 4.61. The highest BCUT2D eigenvalue weighted by molar-refractivity contribution is 7.00. The van der Waals surface area contributed by atoms with Crippen molar-refractivity contribution in [1.29, 1.82) is 0 Å². The van der Waals surface area contributed by atoms with Gasteiger partial charge >= 0.3 is 0 Å². The molecule has 0 fully saturated rings. The molecular weight excluding hydrogens is 208 g/mol. The summed E-state index contributed by atoms with van der Waals surface area (Å²) in [5, 5.41) is 0. The van der Waals surface area contributed by atoms with Crippen LogP contribution in [0.2, 0.25) is 0 Å². The van der Waals surface area contributed by atoms with E-state index in [0.29, 0.717) is 0 Å². The molecule has 3 aromatic rings. The molecule has 0 aliphatic carbocycles. The van der Waals surface area contributed by atoms with Gasteiger partial charge in [-0.1, -0.05) is 0 Å². The Morgan fingerprint density at radius 3 is 1.73 bits per heavy atom. The van der Waals surface area contributed by atoms with Crippen LogP contribution in [-0.2, 0) is 0 Å². The Balaban J connectivity index is 2.49. The average molecular weight is 216 g/mol. The molecule has 0 aliphatic rings. The molecule has 0 bridgehead atoms. The normalized spacial score (nSPS) is 11.3. The summed E-state index contributed by atoms with van der Waals surface area (Å²) in [6, 6.07) is 3.88. The molecule has 0 N–H and O–H groups in total. The Kier molecular flexibility index (Phi) is 1.70. The van der Waals surface area contributed by atoms with Crippen molar-refractivity contribution in [3.63, 3.8) is 0 Å². The fraction of sp³-hybridized carbons (Fsp3) is 0.200. The molecule has 0 amide bonds. The van der Waals surface area contributed by atoms with Gasteiger partial charge in [-0.3, -0.25) is 0 Å². The molecule has 0 saturated carbocycles. The predicted molar refractivity (Wildman–Crippen MR) is 60.0 cm³/mol. The monoisotopic (exact) mass is 216 g/mol. The van der Waals surface area contributed by atoms with E-state index in [4.69, 9.17) is 0 Å². The minimum atomic E-state index is 0.887. The Hall–Kier alpha value is -1.62. The van der Waals surface area contributed by atoms with Crippen LogP contribution in [0.3, 0.4) is 0 Å². The number of fused-ring (bicyclic) bond motifs is 2. The van der Waals surface area contributed by atoms with Gasteiger partial charge in [0.1, 0.15) is 11.0 Å². The first kappa shape index (κ1) is 8.67. The van der Waals surface area contributed by atoms with Gasteiger partial charge in [-0.05, 0) is 26.0 Å².